The van der Waals surface area contributed by atoms with Crippen LogP contribution in [-0.4, -0.2) is 19.6 Å². The second-order valence-electron chi connectivity index (χ2n) is 3.27. The van der Waals surface area contributed by atoms with Crippen molar-refractivity contribution in [3.05, 3.63) is 0 Å². The molecular weight excluding hydrogens is 188 g/mol. The molecule has 0 aromatic carbocycles. The first-order chi connectivity index (χ1) is 7.20. The molecule has 0 fully saturated rings. The molecule has 0 amide bonds. The molecule has 0 spiro atoms. The third-order valence-electron chi connectivity index (χ3n) is 1.65. The van der Waals surface area contributed by atoms with Crippen LogP contribution in [0.3, 0.4) is 0 Å². The quantitative estimate of drug-likeness (QED) is 0.247. The van der Waals surface area contributed by atoms with Crippen molar-refractivity contribution in [2.75, 3.05) is 13.6 Å². The maximum atomic E-state index is 8.33. The monoisotopic (exact) mass is 212 g/mol. The highest BCUT2D eigenvalue weighted by Crippen LogP contribution is 2.01. The van der Waals surface area contributed by atoms with Gasteiger partial charge in [0.15, 0.2) is 6.19 Å². The standard InChI is InChI=1S/C9H18N4.C2H6/c1-8(2)5-4-6-12-9(11-3)13-7-10;1-2/h8H,4-6H2,1-3H3,(H2,11,12,13);1-2H3. The van der Waals surface area contributed by atoms with Gasteiger partial charge in [0, 0.05) is 13.6 Å². The van der Waals surface area contributed by atoms with Crippen LogP contribution in [0.4, 0.5) is 0 Å². The van der Waals surface area contributed by atoms with Gasteiger partial charge in [0.25, 0.3) is 0 Å². The maximum Gasteiger partial charge on any atom is 0.204 e. The lowest BCUT2D eigenvalue weighted by molar-refractivity contribution is 0.550. The second-order valence-corrected chi connectivity index (χ2v) is 3.27. The van der Waals surface area contributed by atoms with Crippen LogP contribution in [0.2, 0.25) is 0 Å². The molecule has 15 heavy (non-hydrogen) atoms. The average molecular weight is 212 g/mol. The van der Waals surface area contributed by atoms with E-state index in [1.165, 1.54) is 6.42 Å². The van der Waals surface area contributed by atoms with Gasteiger partial charge in [-0.05, 0) is 18.8 Å². The third-order valence-corrected chi connectivity index (χ3v) is 1.65. The van der Waals surface area contributed by atoms with Crippen LogP contribution in [0, 0.1) is 17.4 Å². The molecule has 0 saturated carbocycles. The average Bonchev–Trinajstić information content (AvgIpc) is 2.25. The fraction of sp³-hybridized carbons (Fsp3) is 0.818. The number of nitrogens with zero attached hydrogens (tertiary/aromatic N) is 2. The van der Waals surface area contributed by atoms with E-state index in [4.69, 9.17) is 5.26 Å². The zero-order chi connectivity index (χ0) is 12.1. The fourth-order valence-corrected chi connectivity index (χ4v) is 0.949. The molecule has 0 rings (SSSR count). The number of rotatable bonds is 4. The molecule has 0 aliphatic carbocycles. The van der Waals surface area contributed by atoms with E-state index >= 15 is 0 Å². The van der Waals surface area contributed by atoms with Crippen molar-refractivity contribution in [2.24, 2.45) is 10.9 Å². The summed E-state index contributed by atoms with van der Waals surface area (Å²) in [5.74, 6) is 1.28. The van der Waals surface area contributed by atoms with Gasteiger partial charge in [-0.25, -0.2) is 0 Å². The second kappa shape index (κ2) is 12.8. The molecule has 0 aliphatic heterocycles. The highest BCUT2D eigenvalue weighted by molar-refractivity contribution is 5.80. The Balaban J connectivity index is 0. The number of nitrogens with one attached hydrogen (secondary N) is 2. The third kappa shape index (κ3) is 12.8. The zero-order valence-corrected chi connectivity index (χ0v) is 10.6. The summed E-state index contributed by atoms with van der Waals surface area (Å²) in [6.07, 6.45) is 4.12. The van der Waals surface area contributed by atoms with Crippen molar-refractivity contribution in [3.8, 4) is 6.19 Å². The normalized spacial score (nSPS) is 10.1. The van der Waals surface area contributed by atoms with Gasteiger partial charge in [0.2, 0.25) is 5.96 Å². The summed E-state index contributed by atoms with van der Waals surface area (Å²) in [6, 6.07) is 0. The number of hydrogen-bond donors (Lipinski definition) is 2. The molecule has 0 heterocycles. The minimum absolute atomic E-state index is 0.547. The van der Waals surface area contributed by atoms with Gasteiger partial charge >= 0.3 is 0 Å². The first kappa shape index (κ1) is 16.2. The van der Waals surface area contributed by atoms with Crippen molar-refractivity contribution < 1.29 is 0 Å². The molecule has 0 saturated heterocycles. The Kier molecular flexibility index (Phi) is 13.8. The van der Waals surface area contributed by atoms with Crippen LogP contribution in [0.15, 0.2) is 4.99 Å². The van der Waals surface area contributed by atoms with Crippen molar-refractivity contribution in [1.82, 2.24) is 10.6 Å². The number of hydrogen-bond acceptors (Lipinski definition) is 2. The van der Waals surface area contributed by atoms with Crippen LogP contribution in [0.5, 0.6) is 0 Å². The Hall–Kier alpha value is -1.24. The number of nitriles is 1. The summed E-state index contributed by atoms with van der Waals surface area (Å²) in [5, 5.41) is 13.8. The first-order valence-electron chi connectivity index (χ1n) is 5.56. The predicted molar refractivity (Wildman–Crippen MR) is 65.5 cm³/mol. The first-order valence-corrected chi connectivity index (χ1v) is 5.56. The maximum absolute atomic E-state index is 8.33. The van der Waals surface area contributed by atoms with Gasteiger partial charge in [-0.3, -0.25) is 10.3 Å². The largest absolute Gasteiger partial charge is 0.356 e. The Labute approximate surface area is 93.8 Å². The van der Waals surface area contributed by atoms with Crippen molar-refractivity contribution in [2.45, 2.75) is 40.5 Å². The van der Waals surface area contributed by atoms with E-state index in [0.29, 0.717) is 5.96 Å². The molecule has 2 N–H and O–H groups in total. The molecule has 0 radical (unpaired) electrons. The Morgan fingerprint density at radius 2 is 2.00 bits per heavy atom. The SMILES string of the molecule is CC.CN=C(NC#N)NCCCC(C)C. The van der Waals surface area contributed by atoms with Crippen LogP contribution in [0.1, 0.15) is 40.5 Å². The van der Waals surface area contributed by atoms with Crippen LogP contribution in [0.25, 0.3) is 0 Å². The van der Waals surface area contributed by atoms with E-state index in [1.54, 1.807) is 7.05 Å². The van der Waals surface area contributed by atoms with E-state index in [1.807, 2.05) is 20.0 Å². The number of guanidine groups is 1. The lowest BCUT2D eigenvalue weighted by atomic mass is 10.1. The molecule has 0 bridgehead atoms. The highest BCUT2D eigenvalue weighted by Gasteiger charge is 1.96. The van der Waals surface area contributed by atoms with Crippen molar-refractivity contribution >= 4 is 5.96 Å². The highest BCUT2D eigenvalue weighted by atomic mass is 15.2. The summed E-state index contributed by atoms with van der Waals surface area (Å²) in [4.78, 5) is 3.87. The van der Waals surface area contributed by atoms with E-state index in [0.717, 1.165) is 18.9 Å². The number of aliphatic imine (C=N–C) groups is 1. The lowest BCUT2D eigenvalue weighted by Gasteiger charge is -2.07. The molecule has 0 aliphatic rings. The van der Waals surface area contributed by atoms with Gasteiger partial charge in [-0.2, -0.15) is 5.26 Å². The fourth-order valence-electron chi connectivity index (χ4n) is 0.949. The molecule has 4 heteroatoms. The Bertz CT molecular complexity index is 191. The van der Waals surface area contributed by atoms with Crippen LogP contribution in [-0.2, 0) is 0 Å². The van der Waals surface area contributed by atoms with Gasteiger partial charge in [-0.15, -0.1) is 0 Å². The van der Waals surface area contributed by atoms with E-state index in [9.17, 15) is 0 Å². The Morgan fingerprint density at radius 1 is 1.40 bits per heavy atom. The molecule has 0 aromatic heterocycles. The molecule has 4 nitrogen and oxygen atoms in total. The van der Waals surface area contributed by atoms with Gasteiger partial charge in [-0.1, -0.05) is 27.7 Å². The van der Waals surface area contributed by atoms with Crippen molar-refractivity contribution in [3.63, 3.8) is 0 Å². The minimum atomic E-state index is 0.547. The summed E-state index contributed by atoms with van der Waals surface area (Å²) in [5.41, 5.74) is 0. The van der Waals surface area contributed by atoms with Gasteiger partial charge < -0.3 is 5.32 Å². The summed E-state index contributed by atoms with van der Waals surface area (Å²) in [6.45, 7) is 9.25. The Morgan fingerprint density at radius 3 is 2.40 bits per heavy atom. The molecular formula is C11H24N4. The molecule has 0 atom stereocenters. The topological polar surface area (TPSA) is 60.2 Å². The van der Waals surface area contributed by atoms with E-state index in [-0.39, 0.29) is 0 Å². The lowest BCUT2D eigenvalue weighted by Crippen LogP contribution is -2.34. The summed E-state index contributed by atoms with van der Waals surface area (Å²) >= 11 is 0. The molecule has 0 aromatic rings. The van der Waals surface area contributed by atoms with E-state index in [2.05, 4.69) is 29.5 Å². The molecule has 0 unspecified atom stereocenters. The van der Waals surface area contributed by atoms with Crippen LogP contribution < -0.4 is 10.6 Å². The van der Waals surface area contributed by atoms with Crippen molar-refractivity contribution in [1.29, 1.82) is 5.26 Å². The van der Waals surface area contributed by atoms with Crippen LogP contribution >= 0.6 is 0 Å². The predicted octanol–water partition coefficient (Wildman–Crippen LogP) is 2.09. The van der Waals surface area contributed by atoms with Gasteiger partial charge in [0.1, 0.15) is 0 Å². The smallest absolute Gasteiger partial charge is 0.204 e. The summed E-state index contributed by atoms with van der Waals surface area (Å²) < 4.78 is 0. The molecule has 88 valence electrons. The van der Waals surface area contributed by atoms with E-state index < -0.39 is 0 Å². The minimum Gasteiger partial charge on any atom is -0.356 e. The zero-order valence-electron chi connectivity index (χ0n) is 10.6. The summed E-state index contributed by atoms with van der Waals surface area (Å²) in [7, 11) is 1.65. The van der Waals surface area contributed by atoms with Gasteiger partial charge in [0.05, 0.1) is 0 Å².